The molecule has 8 heteroatoms. The maximum absolute atomic E-state index is 13.5. The second-order valence-electron chi connectivity index (χ2n) is 8.37. The van der Waals surface area contributed by atoms with Crippen LogP contribution in [0.2, 0.25) is 0 Å². The van der Waals surface area contributed by atoms with Gasteiger partial charge in [-0.2, -0.15) is 5.26 Å². The topological polar surface area (TPSA) is 104 Å². The van der Waals surface area contributed by atoms with E-state index in [0.717, 1.165) is 5.56 Å². The summed E-state index contributed by atoms with van der Waals surface area (Å²) in [4.78, 5) is 30.7. The van der Waals surface area contributed by atoms with Crippen molar-refractivity contribution in [3.63, 3.8) is 0 Å². The molecule has 1 unspecified atom stereocenters. The number of allylic oxidation sites excluding steroid dienone is 1. The molecule has 37 heavy (non-hydrogen) atoms. The van der Waals surface area contributed by atoms with Crippen LogP contribution in [0.1, 0.15) is 18.4 Å². The Labute approximate surface area is 220 Å². The van der Waals surface area contributed by atoms with Gasteiger partial charge in [0.25, 0.3) is 0 Å². The zero-order chi connectivity index (χ0) is 26.2. The van der Waals surface area contributed by atoms with Crippen molar-refractivity contribution < 1.29 is 14.3 Å². The molecule has 3 aromatic rings. The van der Waals surface area contributed by atoms with Gasteiger partial charge in [0.15, 0.2) is 0 Å². The molecule has 3 aromatic carbocycles. The largest absolute Gasteiger partial charge is 0.497 e. The summed E-state index contributed by atoms with van der Waals surface area (Å²) in [6.07, 6.45) is 0. The maximum atomic E-state index is 13.5. The predicted molar refractivity (Wildman–Crippen MR) is 148 cm³/mol. The van der Waals surface area contributed by atoms with E-state index in [-0.39, 0.29) is 17.6 Å². The van der Waals surface area contributed by atoms with Gasteiger partial charge in [-0.1, -0.05) is 60.3 Å². The van der Waals surface area contributed by atoms with Crippen LogP contribution >= 0.6 is 11.8 Å². The lowest BCUT2D eigenvalue weighted by atomic mass is 9.77. The van der Waals surface area contributed by atoms with Crippen LogP contribution in [0.4, 0.5) is 11.4 Å². The number of hydrogen-bond donors (Lipinski definition) is 2. The van der Waals surface area contributed by atoms with Crippen LogP contribution in [0.15, 0.2) is 101 Å². The third-order valence-corrected chi connectivity index (χ3v) is 6.91. The van der Waals surface area contributed by atoms with E-state index in [1.54, 1.807) is 38.3 Å². The molecule has 1 aliphatic heterocycles. The highest BCUT2D eigenvalue weighted by atomic mass is 32.2. The molecule has 186 valence electrons. The molecule has 0 bridgehead atoms. The SMILES string of the molecule is COc1ccc(NC(=O)C2C(C)=NC(SCC(=O)Nc3ccccc3)=C(C#N)[C@H]2c2ccccc2)cc1. The van der Waals surface area contributed by atoms with Gasteiger partial charge >= 0.3 is 0 Å². The second kappa shape index (κ2) is 12.1. The average molecular weight is 511 g/mol. The molecule has 0 aromatic heterocycles. The maximum Gasteiger partial charge on any atom is 0.234 e. The van der Waals surface area contributed by atoms with Crippen molar-refractivity contribution in [2.75, 3.05) is 23.5 Å². The molecule has 0 radical (unpaired) electrons. The standard InChI is InChI=1S/C29H26N4O3S/c1-19-26(28(35)33-22-13-15-23(36-2)16-14-22)27(20-9-5-3-6-10-20)24(17-30)29(31-19)37-18-25(34)32-21-11-7-4-8-12-21/h3-16,26-27H,18H2,1-2H3,(H,32,34)(H,33,35)/t26?,27-/m1/s1. The number of nitrogens with zero attached hydrogens (tertiary/aromatic N) is 2. The molecule has 0 saturated heterocycles. The van der Waals surface area contributed by atoms with E-state index < -0.39 is 11.8 Å². The number of anilines is 2. The van der Waals surface area contributed by atoms with Gasteiger partial charge in [-0.15, -0.1) is 0 Å². The average Bonchev–Trinajstić information content (AvgIpc) is 2.92. The highest BCUT2D eigenvalue weighted by Gasteiger charge is 2.39. The minimum absolute atomic E-state index is 0.0798. The van der Waals surface area contributed by atoms with Crippen LogP contribution in [0.3, 0.4) is 0 Å². The van der Waals surface area contributed by atoms with Gasteiger partial charge in [0, 0.05) is 23.0 Å². The first-order valence-corrected chi connectivity index (χ1v) is 12.7. The molecular formula is C29H26N4O3S. The molecule has 0 saturated carbocycles. The van der Waals surface area contributed by atoms with Crippen LogP contribution < -0.4 is 15.4 Å². The Balaban J connectivity index is 1.60. The molecule has 0 aliphatic carbocycles. The number of benzene rings is 3. The Bertz CT molecular complexity index is 1360. The lowest BCUT2D eigenvalue weighted by molar-refractivity contribution is -0.118. The van der Waals surface area contributed by atoms with Crippen LogP contribution in [0.25, 0.3) is 0 Å². The van der Waals surface area contributed by atoms with Crippen molar-refractivity contribution in [1.82, 2.24) is 0 Å². The Morgan fingerprint density at radius 2 is 1.57 bits per heavy atom. The van der Waals surface area contributed by atoms with E-state index in [2.05, 4.69) is 21.7 Å². The molecular weight excluding hydrogens is 484 g/mol. The smallest absolute Gasteiger partial charge is 0.234 e. The van der Waals surface area contributed by atoms with Gasteiger partial charge in [-0.25, -0.2) is 4.99 Å². The summed E-state index contributed by atoms with van der Waals surface area (Å²) in [5, 5.41) is 16.4. The van der Waals surface area contributed by atoms with E-state index in [1.165, 1.54) is 11.8 Å². The number of para-hydroxylation sites is 1. The normalized spacial score (nSPS) is 16.8. The summed E-state index contributed by atoms with van der Waals surface area (Å²) in [5.74, 6) is -0.939. The summed E-state index contributed by atoms with van der Waals surface area (Å²) in [5.41, 5.74) is 3.08. The summed E-state index contributed by atoms with van der Waals surface area (Å²) in [6.45, 7) is 1.78. The number of aliphatic imine (C=N–C) groups is 1. The lowest BCUT2D eigenvalue weighted by Crippen LogP contribution is -2.36. The first-order chi connectivity index (χ1) is 18.0. The molecule has 2 atom stereocenters. The number of nitrogens with one attached hydrogen (secondary N) is 2. The zero-order valence-corrected chi connectivity index (χ0v) is 21.3. The molecule has 4 rings (SSSR count). The van der Waals surface area contributed by atoms with Gasteiger partial charge in [-0.3, -0.25) is 9.59 Å². The van der Waals surface area contributed by atoms with Crippen molar-refractivity contribution in [1.29, 1.82) is 5.26 Å². The fraction of sp³-hybridized carbons (Fsp3) is 0.172. The summed E-state index contributed by atoms with van der Waals surface area (Å²) in [6, 6.07) is 28.0. The van der Waals surface area contributed by atoms with Crippen molar-refractivity contribution in [2.45, 2.75) is 12.8 Å². The Morgan fingerprint density at radius 3 is 2.19 bits per heavy atom. The van der Waals surface area contributed by atoms with Gasteiger partial charge in [0.05, 0.1) is 30.4 Å². The van der Waals surface area contributed by atoms with Crippen LogP contribution in [-0.2, 0) is 9.59 Å². The van der Waals surface area contributed by atoms with Crippen LogP contribution in [0.5, 0.6) is 5.75 Å². The quantitative estimate of drug-likeness (QED) is 0.410. The number of rotatable bonds is 8. The summed E-state index contributed by atoms with van der Waals surface area (Å²) < 4.78 is 5.19. The number of ether oxygens (including phenoxy) is 1. The highest BCUT2D eigenvalue weighted by Crippen LogP contribution is 2.42. The minimum atomic E-state index is -0.693. The highest BCUT2D eigenvalue weighted by molar-refractivity contribution is 8.03. The molecule has 1 heterocycles. The summed E-state index contributed by atoms with van der Waals surface area (Å²) in [7, 11) is 1.58. The molecule has 0 fully saturated rings. The second-order valence-corrected chi connectivity index (χ2v) is 9.33. The minimum Gasteiger partial charge on any atom is -0.497 e. The van der Waals surface area contributed by atoms with E-state index >= 15 is 0 Å². The number of methoxy groups -OCH3 is 1. The van der Waals surface area contributed by atoms with Crippen LogP contribution in [0, 0.1) is 17.2 Å². The van der Waals surface area contributed by atoms with E-state index in [9.17, 15) is 14.9 Å². The first-order valence-electron chi connectivity index (χ1n) is 11.7. The van der Waals surface area contributed by atoms with Crippen molar-refractivity contribution >= 4 is 40.7 Å². The van der Waals surface area contributed by atoms with E-state index in [0.29, 0.717) is 33.4 Å². The Hall–Kier alpha value is -4.35. The fourth-order valence-electron chi connectivity index (χ4n) is 4.17. The Kier molecular flexibility index (Phi) is 8.39. The number of thioether (sulfide) groups is 1. The van der Waals surface area contributed by atoms with E-state index in [1.807, 2.05) is 60.7 Å². The lowest BCUT2D eigenvalue weighted by Gasteiger charge is -2.31. The van der Waals surface area contributed by atoms with Crippen molar-refractivity contribution in [3.8, 4) is 11.8 Å². The third kappa shape index (κ3) is 6.26. The summed E-state index contributed by atoms with van der Waals surface area (Å²) >= 11 is 1.19. The first kappa shape index (κ1) is 25.7. The molecule has 7 nitrogen and oxygen atoms in total. The molecule has 1 aliphatic rings. The number of nitriles is 1. The van der Waals surface area contributed by atoms with Gasteiger partial charge in [0.2, 0.25) is 11.8 Å². The fourth-order valence-corrected chi connectivity index (χ4v) is 5.04. The van der Waals surface area contributed by atoms with Crippen molar-refractivity contribution in [3.05, 3.63) is 101 Å². The number of hydrogen-bond acceptors (Lipinski definition) is 6. The predicted octanol–water partition coefficient (Wildman–Crippen LogP) is 5.62. The zero-order valence-electron chi connectivity index (χ0n) is 20.5. The number of amides is 2. The molecule has 2 N–H and O–H groups in total. The van der Waals surface area contributed by atoms with Crippen molar-refractivity contribution in [2.24, 2.45) is 10.9 Å². The Morgan fingerprint density at radius 1 is 0.946 bits per heavy atom. The van der Waals surface area contributed by atoms with Gasteiger partial charge < -0.3 is 15.4 Å². The van der Waals surface area contributed by atoms with Gasteiger partial charge in [-0.05, 0) is 48.9 Å². The van der Waals surface area contributed by atoms with Gasteiger partial charge in [0.1, 0.15) is 10.8 Å². The molecule has 0 spiro atoms. The molecule has 2 amide bonds. The van der Waals surface area contributed by atoms with E-state index in [4.69, 9.17) is 4.74 Å². The number of carbonyl (C=O) groups excluding carboxylic acids is 2. The third-order valence-electron chi connectivity index (χ3n) is 5.92. The monoisotopic (exact) mass is 510 g/mol. The van der Waals surface area contributed by atoms with Crippen LogP contribution in [-0.4, -0.2) is 30.4 Å². The number of carbonyl (C=O) groups is 2.